The number of hydrogen-bond donors (Lipinski definition) is 1. The Hall–Kier alpha value is -0.930. The minimum Gasteiger partial charge on any atom is -0.454 e. The summed E-state index contributed by atoms with van der Waals surface area (Å²) in [6, 6.07) is 4.51. The maximum Gasteiger partial charge on any atom is 0.231 e. The van der Waals surface area contributed by atoms with Gasteiger partial charge in [0.05, 0.1) is 5.02 Å². The number of nitrogens with one attached hydrogen (secondary N) is 1. The molecule has 1 atom stereocenters. The van der Waals surface area contributed by atoms with Crippen LogP contribution in [0.1, 0.15) is 31.7 Å². The summed E-state index contributed by atoms with van der Waals surface area (Å²) in [5.74, 6) is 2.38. The third kappa shape index (κ3) is 2.73. The second kappa shape index (κ2) is 4.98. The summed E-state index contributed by atoms with van der Waals surface area (Å²) in [5, 5.41) is 4.17. The van der Waals surface area contributed by atoms with Crippen LogP contribution in [-0.4, -0.2) is 12.8 Å². The number of rotatable bonds is 5. The van der Waals surface area contributed by atoms with Crippen molar-refractivity contribution in [2.75, 3.05) is 6.79 Å². The van der Waals surface area contributed by atoms with E-state index in [0.29, 0.717) is 16.8 Å². The summed E-state index contributed by atoms with van der Waals surface area (Å²) in [6.45, 7) is 3.33. The lowest BCUT2D eigenvalue weighted by Crippen LogP contribution is -2.25. The highest BCUT2D eigenvalue weighted by Crippen LogP contribution is 2.39. The van der Waals surface area contributed by atoms with Gasteiger partial charge in [-0.25, -0.2) is 0 Å². The van der Waals surface area contributed by atoms with E-state index in [0.717, 1.165) is 23.8 Å². The highest BCUT2D eigenvalue weighted by molar-refractivity contribution is 6.32. The molecule has 1 N–H and O–H groups in total. The molecule has 18 heavy (non-hydrogen) atoms. The lowest BCUT2D eigenvalue weighted by molar-refractivity contribution is 0.174. The number of benzene rings is 1. The van der Waals surface area contributed by atoms with E-state index in [2.05, 4.69) is 12.2 Å². The molecule has 0 amide bonds. The van der Waals surface area contributed by atoms with Crippen LogP contribution in [0.2, 0.25) is 5.02 Å². The molecule has 2 aliphatic rings. The van der Waals surface area contributed by atoms with Gasteiger partial charge in [-0.1, -0.05) is 24.4 Å². The summed E-state index contributed by atoms with van der Waals surface area (Å²) >= 11 is 6.15. The first kappa shape index (κ1) is 12.1. The van der Waals surface area contributed by atoms with Gasteiger partial charge in [-0.2, -0.15) is 0 Å². The van der Waals surface area contributed by atoms with Crippen molar-refractivity contribution >= 4 is 11.6 Å². The minimum atomic E-state index is 0.268. The fraction of sp³-hybridized carbons (Fsp3) is 0.571. The first-order chi connectivity index (χ1) is 8.72. The van der Waals surface area contributed by atoms with Gasteiger partial charge in [0.2, 0.25) is 6.79 Å². The zero-order valence-corrected chi connectivity index (χ0v) is 11.3. The van der Waals surface area contributed by atoms with Crippen molar-refractivity contribution in [3.8, 4) is 11.5 Å². The van der Waals surface area contributed by atoms with Crippen LogP contribution in [0.4, 0.5) is 0 Å². The van der Waals surface area contributed by atoms with Crippen molar-refractivity contribution in [3.63, 3.8) is 0 Å². The minimum absolute atomic E-state index is 0.268. The van der Waals surface area contributed by atoms with Crippen LogP contribution < -0.4 is 14.8 Å². The van der Waals surface area contributed by atoms with E-state index >= 15 is 0 Å². The molecule has 0 saturated heterocycles. The Morgan fingerprint density at radius 3 is 3.00 bits per heavy atom. The van der Waals surface area contributed by atoms with Crippen LogP contribution in [0.5, 0.6) is 11.5 Å². The summed E-state index contributed by atoms with van der Waals surface area (Å²) < 4.78 is 10.7. The third-order valence-corrected chi connectivity index (χ3v) is 3.81. The molecule has 1 aliphatic carbocycles. The van der Waals surface area contributed by atoms with E-state index in [9.17, 15) is 0 Å². The molecule has 0 bridgehead atoms. The predicted molar refractivity (Wildman–Crippen MR) is 71.2 cm³/mol. The van der Waals surface area contributed by atoms with Gasteiger partial charge in [-0.05, 0) is 37.0 Å². The van der Waals surface area contributed by atoms with Crippen LogP contribution in [0.15, 0.2) is 12.1 Å². The van der Waals surface area contributed by atoms with Crippen molar-refractivity contribution in [2.45, 2.75) is 38.8 Å². The molecule has 1 saturated carbocycles. The fourth-order valence-corrected chi connectivity index (χ4v) is 2.64. The van der Waals surface area contributed by atoms with E-state index in [4.69, 9.17) is 21.1 Å². The van der Waals surface area contributed by atoms with Crippen molar-refractivity contribution in [3.05, 3.63) is 22.7 Å². The first-order valence-corrected chi connectivity index (χ1v) is 6.91. The zero-order valence-electron chi connectivity index (χ0n) is 10.5. The van der Waals surface area contributed by atoms with Gasteiger partial charge in [0, 0.05) is 12.6 Å². The number of ether oxygens (including phenoxy) is 2. The molecular weight excluding hydrogens is 250 g/mol. The summed E-state index contributed by atoms with van der Waals surface area (Å²) in [6.07, 6.45) is 4.09. The van der Waals surface area contributed by atoms with Crippen LogP contribution in [0.25, 0.3) is 0 Å². The van der Waals surface area contributed by atoms with Gasteiger partial charge in [0.1, 0.15) is 0 Å². The molecule has 1 unspecified atom stereocenters. The Kier molecular flexibility index (Phi) is 3.35. The molecule has 1 aromatic rings. The van der Waals surface area contributed by atoms with Crippen LogP contribution in [-0.2, 0) is 6.54 Å². The highest BCUT2D eigenvalue weighted by Gasteiger charge is 2.23. The average molecular weight is 268 g/mol. The van der Waals surface area contributed by atoms with Crippen LogP contribution in [0.3, 0.4) is 0 Å². The molecule has 1 aromatic carbocycles. The third-order valence-electron chi connectivity index (χ3n) is 3.53. The molecule has 98 valence electrons. The Balaban J connectivity index is 1.60. The number of fused-ring (bicyclic) bond motifs is 1. The van der Waals surface area contributed by atoms with Crippen molar-refractivity contribution in [1.29, 1.82) is 0 Å². The Labute approximate surface area is 112 Å². The van der Waals surface area contributed by atoms with E-state index < -0.39 is 0 Å². The number of halogens is 1. The largest absolute Gasteiger partial charge is 0.454 e. The van der Waals surface area contributed by atoms with Crippen LogP contribution >= 0.6 is 11.6 Å². The molecule has 1 heterocycles. The number of hydrogen-bond acceptors (Lipinski definition) is 3. The smallest absolute Gasteiger partial charge is 0.231 e. The second-order valence-electron chi connectivity index (χ2n) is 5.27. The van der Waals surface area contributed by atoms with Crippen molar-refractivity contribution in [1.82, 2.24) is 5.32 Å². The normalized spacial score (nSPS) is 19.0. The molecule has 3 rings (SSSR count). The Morgan fingerprint density at radius 1 is 1.39 bits per heavy atom. The first-order valence-electron chi connectivity index (χ1n) is 6.54. The molecule has 0 radical (unpaired) electrons. The summed E-state index contributed by atoms with van der Waals surface area (Å²) in [5.41, 5.74) is 1.15. The average Bonchev–Trinajstić information content (AvgIpc) is 3.01. The lowest BCUT2D eigenvalue weighted by Gasteiger charge is -2.13. The van der Waals surface area contributed by atoms with E-state index in [1.807, 2.05) is 12.1 Å². The van der Waals surface area contributed by atoms with Crippen molar-refractivity contribution < 1.29 is 9.47 Å². The standard InChI is InChI=1S/C14H18ClNO2/c1-9(4-10-2-3-10)16-7-11-5-12(15)14-13(6-11)17-8-18-14/h5-6,9-10,16H,2-4,7-8H2,1H3. The zero-order chi connectivity index (χ0) is 12.5. The quantitative estimate of drug-likeness (QED) is 0.888. The molecule has 4 heteroatoms. The molecule has 3 nitrogen and oxygen atoms in total. The van der Waals surface area contributed by atoms with Gasteiger partial charge in [-0.3, -0.25) is 0 Å². The molecule has 0 aromatic heterocycles. The maximum absolute atomic E-state index is 6.15. The second-order valence-corrected chi connectivity index (χ2v) is 5.68. The predicted octanol–water partition coefficient (Wildman–Crippen LogP) is 3.35. The van der Waals surface area contributed by atoms with Gasteiger partial charge < -0.3 is 14.8 Å². The molecular formula is C14H18ClNO2. The van der Waals surface area contributed by atoms with E-state index in [1.54, 1.807) is 0 Å². The fourth-order valence-electron chi connectivity index (χ4n) is 2.35. The monoisotopic (exact) mass is 267 g/mol. The molecule has 1 aliphatic heterocycles. The Morgan fingerprint density at radius 2 is 2.22 bits per heavy atom. The summed E-state index contributed by atoms with van der Waals surface area (Å²) in [4.78, 5) is 0. The van der Waals surface area contributed by atoms with Crippen molar-refractivity contribution in [2.24, 2.45) is 5.92 Å². The summed E-state index contributed by atoms with van der Waals surface area (Å²) in [7, 11) is 0. The van der Waals surface area contributed by atoms with E-state index in [1.165, 1.54) is 19.3 Å². The van der Waals surface area contributed by atoms with Gasteiger partial charge in [-0.15, -0.1) is 0 Å². The lowest BCUT2D eigenvalue weighted by atomic mass is 10.1. The topological polar surface area (TPSA) is 30.5 Å². The van der Waals surface area contributed by atoms with Gasteiger partial charge in [0.25, 0.3) is 0 Å². The SMILES string of the molecule is CC(CC1CC1)NCc1cc(Cl)c2c(c1)OCO2. The highest BCUT2D eigenvalue weighted by atomic mass is 35.5. The molecule has 0 spiro atoms. The molecule has 1 fully saturated rings. The van der Waals surface area contributed by atoms with Gasteiger partial charge in [0.15, 0.2) is 11.5 Å². The maximum atomic E-state index is 6.15. The van der Waals surface area contributed by atoms with E-state index in [-0.39, 0.29) is 6.79 Å². The Bertz CT molecular complexity index is 446. The van der Waals surface area contributed by atoms with Gasteiger partial charge >= 0.3 is 0 Å². The van der Waals surface area contributed by atoms with Crippen LogP contribution in [0, 0.1) is 5.92 Å².